The summed E-state index contributed by atoms with van der Waals surface area (Å²) in [6.07, 6.45) is 4.41. The second-order valence-corrected chi connectivity index (χ2v) is 9.42. The Bertz CT molecular complexity index is 1260. The first kappa shape index (κ1) is 22.3. The number of nitrogens with one attached hydrogen (secondary N) is 1. The average Bonchev–Trinajstić information content (AvgIpc) is 3.19. The summed E-state index contributed by atoms with van der Waals surface area (Å²) in [5.74, 6) is 0.551. The smallest absolute Gasteiger partial charge is 0.256 e. The van der Waals surface area contributed by atoms with E-state index >= 15 is 0 Å². The number of aryl methyl sites for hydroxylation is 2. The summed E-state index contributed by atoms with van der Waals surface area (Å²) >= 11 is 0. The molecule has 2 fully saturated rings. The first-order valence-corrected chi connectivity index (χ1v) is 11.8. The summed E-state index contributed by atoms with van der Waals surface area (Å²) in [7, 11) is 0. The van der Waals surface area contributed by atoms with E-state index in [4.69, 9.17) is 10.1 Å². The minimum Gasteiger partial charge on any atom is -0.389 e. The molecule has 2 aliphatic heterocycles. The Morgan fingerprint density at radius 2 is 1.94 bits per heavy atom. The second-order valence-electron chi connectivity index (χ2n) is 9.42. The molecule has 1 aromatic carbocycles. The molecule has 0 radical (unpaired) electrons. The Kier molecular flexibility index (Phi) is 5.73. The number of aliphatic hydroxyl groups is 1. The van der Waals surface area contributed by atoms with Crippen molar-refractivity contribution in [3.8, 4) is 0 Å². The number of likely N-dealkylation sites (tertiary alicyclic amines) is 1. The van der Waals surface area contributed by atoms with Crippen LogP contribution in [0, 0.1) is 13.8 Å². The van der Waals surface area contributed by atoms with E-state index in [9.17, 15) is 14.7 Å². The lowest BCUT2D eigenvalue weighted by atomic mass is 9.97. The molecule has 4 heterocycles. The number of rotatable bonds is 4. The number of benzene rings is 1. The number of aromatic nitrogens is 3. The average molecular weight is 463 g/mol. The van der Waals surface area contributed by atoms with Crippen LogP contribution in [0.5, 0.6) is 0 Å². The van der Waals surface area contributed by atoms with Crippen molar-refractivity contribution in [3.05, 3.63) is 52.8 Å². The molecule has 2 saturated heterocycles. The molecule has 1 unspecified atom stereocenters. The van der Waals surface area contributed by atoms with E-state index in [2.05, 4.69) is 10.2 Å². The van der Waals surface area contributed by atoms with Gasteiger partial charge in [-0.15, -0.1) is 0 Å². The molecule has 178 valence electrons. The quantitative estimate of drug-likeness (QED) is 0.618. The van der Waals surface area contributed by atoms with Crippen LogP contribution in [0.1, 0.15) is 59.4 Å². The fourth-order valence-corrected chi connectivity index (χ4v) is 4.90. The van der Waals surface area contributed by atoms with Gasteiger partial charge in [0.05, 0.1) is 29.1 Å². The number of nitrogens with zero attached hydrogens (tertiary/aromatic N) is 5. The number of aliphatic hydroxyl groups excluding tert-OH is 1. The van der Waals surface area contributed by atoms with Gasteiger partial charge in [-0.05, 0) is 45.2 Å². The third kappa shape index (κ3) is 4.11. The molecule has 3 aromatic rings. The van der Waals surface area contributed by atoms with Crippen molar-refractivity contribution in [2.75, 3.05) is 29.9 Å². The second kappa shape index (κ2) is 8.72. The Morgan fingerprint density at radius 1 is 1.15 bits per heavy atom. The number of piperidine rings is 1. The van der Waals surface area contributed by atoms with E-state index in [-0.39, 0.29) is 24.0 Å². The van der Waals surface area contributed by atoms with Gasteiger partial charge >= 0.3 is 0 Å². The highest BCUT2D eigenvalue weighted by molar-refractivity contribution is 6.03. The van der Waals surface area contributed by atoms with Gasteiger partial charge < -0.3 is 20.2 Å². The van der Waals surface area contributed by atoms with Crippen molar-refractivity contribution in [3.63, 3.8) is 0 Å². The maximum Gasteiger partial charge on any atom is 0.256 e. The first-order chi connectivity index (χ1) is 16.3. The number of amides is 2. The third-order valence-corrected chi connectivity index (χ3v) is 6.61. The molecule has 9 heteroatoms. The van der Waals surface area contributed by atoms with E-state index in [1.54, 1.807) is 10.6 Å². The van der Waals surface area contributed by atoms with Crippen molar-refractivity contribution in [1.29, 1.82) is 0 Å². The predicted molar refractivity (Wildman–Crippen MR) is 129 cm³/mol. The molecule has 5 rings (SSSR count). The molecule has 2 aliphatic rings. The highest BCUT2D eigenvalue weighted by Gasteiger charge is 2.32. The fraction of sp³-hybridized carbons (Fsp3) is 0.440. The molecule has 34 heavy (non-hydrogen) atoms. The molecular formula is C25H30N6O3. The highest BCUT2D eigenvalue weighted by Crippen LogP contribution is 2.34. The van der Waals surface area contributed by atoms with Gasteiger partial charge in [0.2, 0.25) is 5.91 Å². The summed E-state index contributed by atoms with van der Waals surface area (Å²) in [5.41, 5.74) is 4.52. The van der Waals surface area contributed by atoms with Gasteiger partial charge in [0.1, 0.15) is 5.82 Å². The Labute approximate surface area is 198 Å². The summed E-state index contributed by atoms with van der Waals surface area (Å²) in [4.78, 5) is 34.2. The molecule has 0 aliphatic carbocycles. The van der Waals surface area contributed by atoms with Crippen molar-refractivity contribution in [2.24, 2.45) is 0 Å². The van der Waals surface area contributed by atoms with Crippen LogP contribution in [0.3, 0.4) is 0 Å². The molecule has 0 spiro atoms. The van der Waals surface area contributed by atoms with Gasteiger partial charge in [-0.3, -0.25) is 9.59 Å². The maximum atomic E-state index is 13.7. The largest absolute Gasteiger partial charge is 0.389 e. The van der Waals surface area contributed by atoms with Crippen LogP contribution in [0.15, 0.2) is 30.5 Å². The van der Waals surface area contributed by atoms with E-state index in [0.29, 0.717) is 30.9 Å². The van der Waals surface area contributed by atoms with Gasteiger partial charge in [-0.25, -0.2) is 9.50 Å². The van der Waals surface area contributed by atoms with Crippen LogP contribution in [0.4, 0.5) is 11.5 Å². The molecular weight excluding hydrogens is 432 g/mol. The zero-order valence-electron chi connectivity index (χ0n) is 19.8. The molecule has 9 nitrogen and oxygen atoms in total. The molecule has 0 saturated carbocycles. The summed E-state index contributed by atoms with van der Waals surface area (Å²) < 4.78 is 1.77. The van der Waals surface area contributed by atoms with E-state index in [1.165, 1.54) is 6.92 Å². The van der Waals surface area contributed by atoms with E-state index in [0.717, 1.165) is 47.5 Å². The molecule has 0 bridgehead atoms. The number of β-amino-alcohol motifs (C(OH)–C–C–N with tert-alkyl or cyclic N) is 1. The number of anilines is 2. The zero-order valence-corrected chi connectivity index (χ0v) is 19.8. The molecule has 2 aromatic heterocycles. The first-order valence-electron chi connectivity index (χ1n) is 11.8. The van der Waals surface area contributed by atoms with Crippen molar-refractivity contribution >= 4 is 29.0 Å². The topological polar surface area (TPSA) is 103 Å². The van der Waals surface area contributed by atoms with Gasteiger partial charge in [-0.2, -0.15) is 5.10 Å². The fourth-order valence-electron chi connectivity index (χ4n) is 4.90. The van der Waals surface area contributed by atoms with Gasteiger partial charge in [0, 0.05) is 44.4 Å². The Morgan fingerprint density at radius 3 is 2.68 bits per heavy atom. The number of fused-ring (bicyclic) bond motifs is 1. The Hall–Kier alpha value is -3.46. The van der Waals surface area contributed by atoms with Gasteiger partial charge in [0.25, 0.3) is 5.91 Å². The minimum absolute atomic E-state index is 0.103. The predicted octanol–water partition coefficient (Wildman–Crippen LogP) is 2.85. The minimum atomic E-state index is -0.302. The number of carbonyl (C=O) groups excluding carboxylic acids is 2. The van der Waals surface area contributed by atoms with Gasteiger partial charge in [-0.1, -0.05) is 11.6 Å². The lowest BCUT2D eigenvalue weighted by molar-refractivity contribution is -0.114. The highest BCUT2D eigenvalue weighted by atomic mass is 16.3. The molecule has 1 atom stereocenters. The summed E-state index contributed by atoms with van der Waals surface area (Å²) in [6, 6.07) is 7.31. The van der Waals surface area contributed by atoms with Crippen molar-refractivity contribution < 1.29 is 14.7 Å². The Balaban J connectivity index is 1.48. The van der Waals surface area contributed by atoms with Crippen molar-refractivity contribution in [2.45, 2.75) is 52.2 Å². The van der Waals surface area contributed by atoms with Crippen LogP contribution in [0.2, 0.25) is 0 Å². The van der Waals surface area contributed by atoms with Gasteiger partial charge in [0.15, 0.2) is 5.65 Å². The van der Waals surface area contributed by atoms with Crippen LogP contribution in [-0.4, -0.2) is 62.2 Å². The maximum absolute atomic E-state index is 13.7. The lowest BCUT2D eigenvalue weighted by Gasteiger charge is -2.37. The number of hydrogen-bond donors (Lipinski definition) is 2. The normalized spacial score (nSPS) is 18.8. The molecule has 2 N–H and O–H groups in total. The number of carbonyl (C=O) groups is 2. The van der Waals surface area contributed by atoms with Crippen LogP contribution >= 0.6 is 0 Å². The van der Waals surface area contributed by atoms with Crippen LogP contribution in [0.25, 0.3) is 5.65 Å². The monoisotopic (exact) mass is 462 g/mol. The summed E-state index contributed by atoms with van der Waals surface area (Å²) in [5, 5.41) is 17.3. The van der Waals surface area contributed by atoms with E-state index < -0.39 is 0 Å². The third-order valence-electron chi connectivity index (χ3n) is 6.61. The lowest BCUT2D eigenvalue weighted by Crippen LogP contribution is -2.51. The zero-order chi connectivity index (χ0) is 24.0. The van der Waals surface area contributed by atoms with Crippen LogP contribution < -0.4 is 10.2 Å². The number of hydrogen-bond acceptors (Lipinski definition) is 6. The summed E-state index contributed by atoms with van der Waals surface area (Å²) in [6.45, 7) is 7.18. The molecule has 2 amide bonds. The standard InChI is InChI=1S/C25H30N6O3/c1-15-7-8-20(26-17(3)32)19(10-15)25(34)30-9-5-4-6-22(30)21-11-23-27-24(29-13-18(33)14-29)16(2)12-31(23)28-21/h7-8,10-12,18,22,33H,4-6,9,13-14H2,1-3H3,(H,26,32). The SMILES string of the molecule is CC(=O)Nc1ccc(C)cc1C(=O)N1CCCCC1c1cc2nc(N3CC(O)C3)c(C)cn2n1. The van der Waals surface area contributed by atoms with Crippen molar-refractivity contribution in [1.82, 2.24) is 19.5 Å². The van der Waals surface area contributed by atoms with E-state index in [1.807, 2.05) is 43.1 Å². The van der Waals surface area contributed by atoms with Crippen LogP contribution in [-0.2, 0) is 4.79 Å².